The molecule has 3 aromatic carbocycles. The lowest BCUT2D eigenvalue weighted by molar-refractivity contribution is -0.156. The summed E-state index contributed by atoms with van der Waals surface area (Å²) in [6.45, 7) is 5.99. The third-order valence-corrected chi connectivity index (χ3v) is 8.48. The van der Waals surface area contributed by atoms with Crippen molar-refractivity contribution < 1.29 is 9.90 Å². The fraction of sp³-hybridized carbons (Fsp3) is 0.387. The molecular formula is C31H35NO2. The molecule has 176 valence electrons. The molecule has 34 heavy (non-hydrogen) atoms. The van der Waals surface area contributed by atoms with E-state index in [0.29, 0.717) is 11.8 Å². The molecule has 5 rings (SSSR count). The van der Waals surface area contributed by atoms with Crippen LogP contribution in [0.3, 0.4) is 0 Å². The average molecular weight is 454 g/mol. The molecule has 0 radical (unpaired) electrons. The van der Waals surface area contributed by atoms with Crippen molar-refractivity contribution in [3.05, 3.63) is 101 Å². The van der Waals surface area contributed by atoms with Crippen LogP contribution in [0.15, 0.2) is 78.9 Å². The monoisotopic (exact) mass is 453 g/mol. The maximum Gasteiger partial charge on any atom is 0.309 e. The second-order valence-electron chi connectivity index (χ2n) is 10.6. The van der Waals surface area contributed by atoms with Gasteiger partial charge in [0.05, 0.1) is 5.41 Å². The molecule has 2 aliphatic carbocycles. The Morgan fingerprint density at radius 1 is 0.941 bits per heavy atom. The zero-order chi connectivity index (χ0) is 23.7. The van der Waals surface area contributed by atoms with Gasteiger partial charge in [0.2, 0.25) is 0 Å². The van der Waals surface area contributed by atoms with Crippen LogP contribution in [0.1, 0.15) is 61.3 Å². The number of aliphatic carboxylic acids is 1. The number of anilines is 1. The van der Waals surface area contributed by atoms with Gasteiger partial charge in [-0.05, 0) is 84.7 Å². The molecule has 0 aliphatic heterocycles. The number of nitrogens with zero attached hydrogens (tertiary/aromatic N) is 1. The Bertz CT molecular complexity index is 1100. The molecule has 0 bridgehead atoms. The summed E-state index contributed by atoms with van der Waals surface area (Å²) in [6.07, 6.45) is 3.71. The summed E-state index contributed by atoms with van der Waals surface area (Å²) >= 11 is 0. The lowest BCUT2D eigenvalue weighted by Gasteiger charge is -2.50. The van der Waals surface area contributed by atoms with Crippen LogP contribution in [0.25, 0.3) is 0 Å². The fourth-order valence-electron chi connectivity index (χ4n) is 6.45. The number of hydrogen-bond acceptors (Lipinski definition) is 2. The minimum atomic E-state index is -0.626. The quantitative estimate of drug-likeness (QED) is 0.434. The van der Waals surface area contributed by atoms with Crippen molar-refractivity contribution in [2.45, 2.75) is 58.5 Å². The molecular weight excluding hydrogens is 418 g/mol. The lowest BCUT2D eigenvalue weighted by Crippen LogP contribution is -2.46. The molecule has 3 nitrogen and oxygen atoms in total. The summed E-state index contributed by atoms with van der Waals surface area (Å²) < 4.78 is 0. The Morgan fingerprint density at radius 3 is 2.15 bits per heavy atom. The second kappa shape index (κ2) is 9.29. The molecule has 0 aromatic heterocycles. The van der Waals surface area contributed by atoms with E-state index in [1.54, 1.807) is 0 Å². The van der Waals surface area contributed by atoms with Crippen LogP contribution < -0.4 is 4.90 Å². The zero-order valence-electron chi connectivity index (χ0n) is 20.3. The molecule has 3 aromatic rings. The minimum absolute atomic E-state index is 0.202. The smallest absolute Gasteiger partial charge is 0.309 e. The number of carboxylic acid groups (broad SMARTS) is 1. The molecule has 0 spiro atoms. The van der Waals surface area contributed by atoms with Gasteiger partial charge in [0.15, 0.2) is 0 Å². The van der Waals surface area contributed by atoms with Crippen molar-refractivity contribution in [3.63, 3.8) is 0 Å². The van der Waals surface area contributed by atoms with E-state index in [9.17, 15) is 9.90 Å². The van der Waals surface area contributed by atoms with Crippen LogP contribution >= 0.6 is 0 Å². The topological polar surface area (TPSA) is 40.5 Å². The summed E-state index contributed by atoms with van der Waals surface area (Å²) in [7, 11) is 0. The number of aryl methyl sites for hydroxylation is 1. The molecule has 0 heterocycles. The number of carbonyl (C=O) groups is 1. The molecule has 1 fully saturated rings. The van der Waals surface area contributed by atoms with Crippen molar-refractivity contribution in [3.8, 4) is 0 Å². The minimum Gasteiger partial charge on any atom is -0.481 e. The highest BCUT2D eigenvalue weighted by atomic mass is 16.4. The van der Waals surface area contributed by atoms with Crippen LogP contribution in [0, 0.1) is 17.3 Å². The summed E-state index contributed by atoms with van der Waals surface area (Å²) in [6, 6.07) is 28.3. The van der Waals surface area contributed by atoms with Crippen molar-refractivity contribution in [2.75, 3.05) is 4.90 Å². The fourth-order valence-corrected chi connectivity index (χ4v) is 6.45. The summed E-state index contributed by atoms with van der Waals surface area (Å²) in [5, 5.41) is 10.1. The Morgan fingerprint density at radius 2 is 1.56 bits per heavy atom. The van der Waals surface area contributed by atoms with Crippen LogP contribution in [0.5, 0.6) is 0 Å². The van der Waals surface area contributed by atoms with Gasteiger partial charge in [-0.2, -0.15) is 0 Å². The predicted molar refractivity (Wildman–Crippen MR) is 138 cm³/mol. The number of hydrogen-bond donors (Lipinski definition) is 1. The van der Waals surface area contributed by atoms with E-state index in [2.05, 4.69) is 90.7 Å². The van der Waals surface area contributed by atoms with Crippen molar-refractivity contribution in [2.24, 2.45) is 17.3 Å². The first kappa shape index (κ1) is 22.7. The number of fused-ring (bicyclic) bond motifs is 3. The van der Waals surface area contributed by atoms with E-state index in [0.717, 1.165) is 38.8 Å². The van der Waals surface area contributed by atoms with Crippen molar-refractivity contribution >= 4 is 11.7 Å². The van der Waals surface area contributed by atoms with Crippen molar-refractivity contribution in [1.82, 2.24) is 0 Å². The van der Waals surface area contributed by atoms with E-state index in [4.69, 9.17) is 0 Å². The maximum absolute atomic E-state index is 12.3. The largest absolute Gasteiger partial charge is 0.481 e. The standard InChI is InChI=1S/C31H35NO2/c1-22-17-18-31(2,30(33)34)28-16-14-25-13-15-26(19-27(25)29(22)28)32(20-23-9-5-3-6-10-23)21-24-11-7-4-8-12-24/h3-13,15,19,22,28-29H,14,16-18,20-21H2,1-2H3,(H,33,34)/t22-,28+,29+,31-/m0/s1. The maximum atomic E-state index is 12.3. The van der Waals surface area contributed by atoms with Crippen LogP contribution in [-0.2, 0) is 24.3 Å². The molecule has 1 N–H and O–H groups in total. The highest BCUT2D eigenvalue weighted by Crippen LogP contribution is 2.56. The van der Waals surface area contributed by atoms with Crippen molar-refractivity contribution in [1.29, 1.82) is 0 Å². The van der Waals surface area contributed by atoms with Gasteiger partial charge in [-0.15, -0.1) is 0 Å². The SMILES string of the molecule is C[C@H]1CC[C@](C)(C(=O)O)[C@@H]2CCc3ccc(N(Cc4ccccc4)Cc4ccccc4)cc3[C@H]21. The molecule has 0 unspecified atom stereocenters. The zero-order valence-corrected chi connectivity index (χ0v) is 20.3. The van der Waals surface area contributed by atoms with E-state index in [1.165, 1.54) is 27.9 Å². The first-order chi connectivity index (χ1) is 16.5. The molecule has 3 heteroatoms. The molecule has 0 amide bonds. The third-order valence-electron chi connectivity index (χ3n) is 8.48. The van der Waals surface area contributed by atoms with E-state index in [1.807, 2.05) is 6.92 Å². The second-order valence-corrected chi connectivity index (χ2v) is 10.6. The molecule has 0 saturated heterocycles. The van der Waals surface area contributed by atoms with E-state index in [-0.39, 0.29) is 5.92 Å². The van der Waals surface area contributed by atoms with Crippen LogP contribution in [0.2, 0.25) is 0 Å². The Labute approximate surface area is 203 Å². The van der Waals surface area contributed by atoms with Crippen LogP contribution in [0.4, 0.5) is 5.69 Å². The first-order valence-corrected chi connectivity index (χ1v) is 12.6. The Balaban J connectivity index is 1.53. The summed E-state index contributed by atoms with van der Waals surface area (Å²) in [5.74, 6) is 0.397. The van der Waals surface area contributed by atoms with E-state index >= 15 is 0 Å². The third kappa shape index (κ3) is 4.24. The highest BCUT2D eigenvalue weighted by molar-refractivity contribution is 5.75. The van der Waals surface area contributed by atoms with Gasteiger partial charge in [-0.3, -0.25) is 4.79 Å². The van der Waals surface area contributed by atoms with Gasteiger partial charge in [0.25, 0.3) is 0 Å². The normalized spacial score (nSPS) is 25.8. The van der Waals surface area contributed by atoms with Gasteiger partial charge in [0.1, 0.15) is 0 Å². The summed E-state index contributed by atoms with van der Waals surface area (Å²) in [5.41, 5.74) is 5.97. The van der Waals surface area contributed by atoms with Crippen LogP contribution in [-0.4, -0.2) is 11.1 Å². The van der Waals surface area contributed by atoms with Gasteiger partial charge in [0, 0.05) is 18.8 Å². The van der Waals surface area contributed by atoms with Gasteiger partial charge < -0.3 is 10.0 Å². The highest BCUT2D eigenvalue weighted by Gasteiger charge is 2.51. The predicted octanol–water partition coefficient (Wildman–Crippen LogP) is 7.06. The lowest BCUT2D eigenvalue weighted by atomic mass is 9.54. The Kier molecular flexibility index (Phi) is 6.20. The van der Waals surface area contributed by atoms with Gasteiger partial charge >= 0.3 is 5.97 Å². The molecule has 4 atom stereocenters. The average Bonchev–Trinajstić information content (AvgIpc) is 2.86. The number of rotatable bonds is 6. The Hall–Kier alpha value is -3.07. The molecule has 2 aliphatic rings. The molecule has 1 saturated carbocycles. The number of carboxylic acids is 1. The summed E-state index contributed by atoms with van der Waals surface area (Å²) in [4.78, 5) is 14.8. The van der Waals surface area contributed by atoms with Gasteiger partial charge in [-0.1, -0.05) is 73.7 Å². The van der Waals surface area contributed by atoms with Gasteiger partial charge in [-0.25, -0.2) is 0 Å². The first-order valence-electron chi connectivity index (χ1n) is 12.6. The number of benzene rings is 3. The van der Waals surface area contributed by atoms with E-state index < -0.39 is 11.4 Å².